The highest BCUT2D eigenvalue weighted by Crippen LogP contribution is 2.41. The van der Waals surface area contributed by atoms with Crippen LogP contribution in [0.25, 0.3) is 100 Å². The average molecular weight is 802 g/mol. The second-order valence-electron chi connectivity index (χ2n) is 14.9. The van der Waals surface area contributed by atoms with Gasteiger partial charge in [-0.25, -0.2) is 0 Å². The highest BCUT2D eigenvalue weighted by molar-refractivity contribution is 6.12. The molecule has 0 atom stereocenters. The number of para-hydroxylation sites is 1. The lowest BCUT2D eigenvalue weighted by atomic mass is 9.98. The molecule has 0 saturated heterocycles. The Labute approximate surface area is 339 Å². The van der Waals surface area contributed by atoms with E-state index >= 15 is 0 Å². The van der Waals surface area contributed by atoms with E-state index in [2.05, 4.69) is 60.1 Å². The molecule has 0 unspecified atom stereocenters. The largest absolute Gasteiger partial charge is 0.416 e. The van der Waals surface area contributed by atoms with Crippen LogP contribution in [0, 0.1) is 0 Å². The number of halogens is 6. The number of aromatic amines is 1. The number of fused-ring (bicyclic) bond motifs is 7. The number of allylic oxidation sites excluding steroid dienone is 1. The highest BCUT2D eigenvalue weighted by atomic mass is 19.4. The molecule has 0 bridgehead atoms. The van der Waals surface area contributed by atoms with Crippen LogP contribution in [-0.2, 0) is 12.4 Å². The molecule has 0 amide bonds. The molecule has 0 spiro atoms. The van der Waals surface area contributed by atoms with E-state index in [0.29, 0.717) is 17.1 Å². The second kappa shape index (κ2) is 13.7. The van der Waals surface area contributed by atoms with Gasteiger partial charge in [-0.3, -0.25) is 0 Å². The molecule has 3 aromatic heterocycles. The Bertz CT molecular complexity index is 3390. The van der Waals surface area contributed by atoms with Crippen molar-refractivity contribution in [2.45, 2.75) is 19.3 Å². The summed E-state index contributed by atoms with van der Waals surface area (Å²) in [7, 11) is 0. The minimum Gasteiger partial charge on any atom is -0.355 e. The van der Waals surface area contributed by atoms with E-state index in [1.54, 1.807) is 18.2 Å². The van der Waals surface area contributed by atoms with Crippen molar-refractivity contribution >= 4 is 66.7 Å². The maximum absolute atomic E-state index is 13.8. The lowest BCUT2D eigenvalue weighted by molar-refractivity contribution is -0.138. The van der Waals surface area contributed by atoms with Gasteiger partial charge in [-0.05, 0) is 126 Å². The number of benzene rings is 7. The van der Waals surface area contributed by atoms with E-state index in [0.717, 1.165) is 101 Å². The van der Waals surface area contributed by atoms with Crippen LogP contribution in [-0.4, -0.2) is 14.1 Å². The molecule has 10 rings (SSSR count). The Morgan fingerprint density at radius 3 is 1.52 bits per heavy atom. The van der Waals surface area contributed by atoms with Crippen molar-refractivity contribution in [3.63, 3.8) is 0 Å². The number of aromatic nitrogens is 3. The fourth-order valence-corrected chi connectivity index (χ4v) is 8.67. The van der Waals surface area contributed by atoms with Gasteiger partial charge < -0.3 is 14.1 Å². The van der Waals surface area contributed by atoms with Gasteiger partial charge in [-0.1, -0.05) is 73.3 Å². The minimum atomic E-state index is -4.48. The van der Waals surface area contributed by atoms with Crippen LogP contribution < -0.4 is 0 Å². The number of alkyl halides is 6. The molecular formula is C51H33F6N3. The Kier molecular flexibility index (Phi) is 8.43. The normalized spacial score (nSPS) is 12.6. The zero-order valence-corrected chi connectivity index (χ0v) is 32.0. The third-order valence-electron chi connectivity index (χ3n) is 11.4. The molecule has 0 aliphatic heterocycles. The van der Waals surface area contributed by atoms with Crippen LogP contribution in [0.2, 0.25) is 0 Å². The third kappa shape index (κ3) is 5.99. The zero-order valence-electron chi connectivity index (χ0n) is 32.0. The van der Waals surface area contributed by atoms with Crippen molar-refractivity contribution in [3.8, 4) is 33.6 Å². The standard InChI is InChI=1S/C51H33F6N3/c1-3-9-38-42-26-32(18-22-48(42)59(46(38)4-2)36-12-7-10-34(28-36)50(52,53)54)30-16-20-44-40(24-30)41-25-31(17-21-45(41)58-44)33-19-23-49-43(27-33)39-14-5-6-15-47(39)60(49)37-13-8-11-35(29-37)51(55,56)57/h3-29,58H,2H2,1H3/b9-3-. The number of nitrogens with one attached hydrogen (secondary N) is 1. The summed E-state index contributed by atoms with van der Waals surface area (Å²) < 4.78 is 86.2. The lowest BCUT2D eigenvalue weighted by Crippen LogP contribution is -2.06. The second-order valence-corrected chi connectivity index (χ2v) is 14.9. The molecule has 0 saturated carbocycles. The molecule has 1 N–H and O–H groups in total. The monoisotopic (exact) mass is 801 g/mol. The van der Waals surface area contributed by atoms with E-state index in [4.69, 9.17) is 0 Å². The molecule has 3 heterocycles. The Hall–Kier alpha value is -7.26. The van der Waals surface area contributed by atoms with Crippen molar-refractivity contribution in [2.24, 2.45) is 0 Å². The summed E-state index contributed by atoms with van der Waals surface area (Å²) in [6.45, 7) is 5.93. The van der Waals surface area contributed by atoms with Gasteiger partial charge >= 0.3 is 12.4 Å². The first-order chi connectivity index (χ1) is 28.9. The molecular weight excluding hydrogens is 769 g/mol. The summed E-state index contributed by atoms with van der Waals surface area (Å²) in [5.41, 5.74) is 9.12. The maximum atomic E-state index is 13.8. The van der Waals surface area contributed by atoms with E-state index < -0.39 is 23.5 Å². The Morgan fingerprint density at radius 2 is 0.967 bits per heavy atom. The highest BCUT2D eigenvalue weighted by Gasteiger charge is 2.32. The van der Waals surface area contributed by atoms with Crippen LogP contribution in [0.1, 0.15) is 29.3 Å². The van der Waals surface area contributed by atoms with Crippen molar-refractivity contribution in [3.05, 3.63) is 181 Å². The molecule has 9 heteroatoms. The topological polar surface area (TPSA) is 25.6 Å². The fourth-order valence-electron chi connectivity index (χ4n) is 8.67. The summed E-state index contributed by atoms with van der Waals surface area (Å²) in [4.78, 5) is 3.55. The molecule has 0 aliphatic carbocycles. The summed E-state index contributed by atoms with van der Waals surface area (Å²) in [5, 5.41) is 4.79. The number of hydrogen-bond acceptors (Lipinski definition) is 0. The van der Waals surface area contributed by atoms with Crippen molar-refractivity contribution in [2.75, 3.05) is 0 Å². The summed E-state index contributed by atoms with van der Waals surface area (Å²) in [6.07, 6.45) is -3.40. The smallest absolute Gasteiger partial charge is 0.355 e. The van der Waals surface area contributed by atoms with Gasteiger partial charge in [0.05, 0.1) is 33.4 Å². The first-order valence-electron chi connectivity index (χ1n) is 19.3. The summed E-state index contributed by atoms with van der Waals surface area (Å²) >= 11 is 0. The van der Waals surface area contributed by atoms with Crippen LogP contribution in [0.3, 0.4) is 0 Å². The number of nitrogens with zero attached hydrogens (tertiary/aromatic N) is 2. The molecule has 0 fully saturated rings. The van der Waals surface area contributed by atoms with Gasteiger partial charge in [0.2, 0.25) is 0 Å². The number of hydrogen-bond donors (Lipinski definition) is 1. The van der Waals surface area contributed by atoms with Crippen molar-refractivity contribution in [1.29, 1.82) is 0 Å². The van der Waals surface area contributed by atoms with Crippen molar-refractivity contribution < 1.29 is 26.3 Å². The first kappa shape index (κ1) is 37.0. The third-order valence-corrected chi connectivity index (χ3v) is 11.4. The van der Waals surface area contributed by atoms with E-state index in [-0.39, 0.29) is 0 Å². The molecule has 3 nitrogen and oxygen atoms in total. The maximum Gasteiger partial charge on any atom is 0.416 e. The van der Waals surface area contributed by atoms with Crippen LogP contribution in [0.15, 0.2) is 158 Å². The molecule has 0 radical (unpaired) electrons. The van der Waals surface area contributed by atoms with E-state index in [1.165, 1.54) is 18.2 Å². The van der Waals surface area contributed by atoms with Gasteiger partial charge in [0, 0.05) is 54.9 Å². The minimum absolute atomic E-state index is 0.393. The first-order valence-corrected chi connectivity index (χ1v) is 19.3. The Morgan fingerprint density at radius 1 is 0.483 bits per heavy atom. The summed E-state index contributed by atoms with van der Waals surface area (Å²) in [6, 6.07) is 43.1. The fraction of sp³-hybridized carbons (Fsp3) is 0.0588. The SMILES string of the molecule is C=Cc1c(/C=C\C)c2cc(-c3ccc4[nH]c5ccc(-c6ccc7c(c6)c6ccccc6n7-c6cccc(C(F)(F)F)c6)cc5c4c3)ccc2n1-c1cccc(C(F)(F)F)c1. The quantitative estimate of drug-likeness (QED) is 0.162. The van der Waals surface area contributed by atoms with Crippen LogP contribution in [0.5, 0.6) is 0 Å². The van der Waals surface area contributed by atoms with E-state index in [9.17, 15) is 26.3 Å². The van der Waals surface area contributed by atoms with Gasteiger partial charge in [0.25, 0.3) is 0 Å². The molecule has 0 aliphatic rings. The molecule has 294 valence electrons. The Balaban J connectivity index is 1.08. The van der Waals surface area contributed by atoms with E-state index in [1.807, 2.05) is 76.7 Å². The molecule has 10 aromatic rings. The zero-order chi connectivity index (χ0) is 41.5. The van der Waals surface area contributed by atoms with Crippen LogP contribution in [0.4, 0.5) is 26.3 Å². The number of rotatable bonds is 6. The summed E-state index contributed by atoms with van der Waals surface area (Å²) in [5.74, 6) is 0. The molecule has 60 heavy (non-hydrogen) atoms. The van der Waals surface area contributed by atoms with Crippen molar-refractivity contribution in [1.82, 2.24) is 14.1 Å². The van der Waals surface area contributed by atoms with Gasteiger partial charge in [-0.2, -0.15) is 26.3 Å². The number of H-pyrrole nitrogens is 1. The van der Waals surface area contributed by atoms with Gasteiger partial charge in [0.15, 0.2) is 0 Å². The predicted molar refractivity (Wildman–Crippen MR) is 233 cm³/mol. The van der Waals surface area contributed by atoms with Gasteiger partial charge in [0.1, 0.15) is 0 Å². The van der Waals surface area contributed by atoms with Gasteiger partial charge in [-0.15, -0.1) is 0 Å². The predicted octanol–water partition coefficient (Wildman–Crippen LogP) is 15.4. The average Bonchev–Trinajstić information content (AvgIpc) is 3.89. The molecule has 7 aromatic carbocycles. The lowest BCUT2D eigenvalue weighted by Gasteiger charge is -2.13. The van der Waals surface area contributed by atoms with Crippen LogP contribution >= 0.6 is 0 Å².